The SMILES string of the molecule is O=C(NCC1CCN(Cc2ccccn2)C1)c1ccc(=O)[nH]c1. The molecular weight excluding hydrogens is 292 g/mol. The molecular formula is C17H20N4O2. The van der Waals surface area contributed by atoms with Gasteiger partial charge in [-0.1, -0.05) is 6.07 Å². The molecule has 6 heteroatoms. The summed E-state index contributed by atoms with van der Waals surface area (Å²) in [5, 5.41) is 2.94. The summed E-state index contributed by atoms with van der Waals surface area (Å²) in [5.41, 5.74) is 1.35. The van der Waals surface area contributed by atoms with Crippen molar-refractivity contribution < 1.29 is 4.79 Å². The summed E-state index contributed by atoms with van der Waals surface area (Å²) in [6.07, 6.45) is 4.33. The fraction of sp³-hybridized carbons (Fsp3) is 0.353. The van der Waals surface area contributed by atoms with Gasteiger partial charge in [0.05, 0.1) is 11.3 Å². The van der Waals surface area contributed by atoms with E-state index >= 15 is 0 Å². The van der Waals surface area contributed by atoms with E-state index in [1.165, 1.54) is 18.3 Å². The summed E-state index contributed by atoms with van der Waals surface area (Å²) >= 11 is 0. The number of nitrogens with zero attached hydrogens (tertiary/aromatic N) is 2. The van der Waals surface area contributed by atoms with E-state index < -0.39 is 0 Å². The Morgan fingerprint density at radius 1 is 1.35 bits per heavy atom. The van der Waals surface area contributed by atoms with Crippen LogP contribution in [0, 0.1) is 5.92 Å². The van der Waals surface area contributed by atoms with E-state index in [9.17, 15) is 9.59 Å². The molecule has 0 aliphatic carbocycles. The molecule has 3 heterocycles. The molecule has 2 aromatic rings. The molecule has 120 valence electrons. The quantitative estimate of drug-likeness (QED) is 0.864. The van der Waals surface area contributed by atoms with Gasteiger partial charge in [0.25, 0.3) is 5.91 Å². The number of pyridine rings is 2. The van der Waals surface area contributed by atoms with Gasteiger partial charge in [-0.2, -0.15) is 0 Å². The molecule has 1 fully saturated rings. The maximum absolute atomic E-state index is 12.0. The standard InChI is InChI=1S/C17H20N4O2/c22-16-5-4-14(10-19-16)17(23)20-9-13-6-8-21(11-13)12-15-3-1-2-7-18-15/h1-5,7,10,13H,6,8-9,11-12H2,(H,19,22)(H,20,23). The van der Waals surface area contributed by atoms with Crippen molar-refractivity contribution in [2.24, 2.45) is 5.92 Å². The Morgan fingerprint density at radius 3 is 3.00 bits per heavy atom. The van der Waals surface area contributed by atoms with Gasteiger partial charge in [0, 0.05) is 38.1 Å². The normalized spacial score (nSPS) is 18.0. The predicted octanol–water partition coefficient (Wildman–Crippen LogP) is 1.02. The zero-order valence-corrected chi connectivity index (χ0v) is 12.9. The van der Waals surface area contributed by atoms with Crippen molar-refractivity contribution in [3.05, 3.63) is 64.3 Å². The highest BCUT2D eigenvalue weighted by Crippen LogP contribution is 2.17. The third kappa shape index (κ3) is 4.26. The highest BCUT2D eigenvalue weighted by molar-refractivity contribution is 5.93. The lowest BCUT2D eigenvalue weighted by Gasteiger charge is -2.15. The first-order chi connectivity index (χ1) is 11.2. The molecule has 1 atom stereocenters. The molecule has 23 heavy (non-hydrogen) atoms. The molecule has 6 nitrogen and oxygen atoms in total. The van der Waals surface area contributed by atoms with Crippen LogP contribution in [0.25, 0.3) is 0 Å². The number of aromatic nitrogens is 2. The Balaban J connectivity index is 1.46. The van der Waals surface area contributed by atoms with Gasteiger partial charge in [-0.25, -0.2) is 0 Å². The van der Waals surface area contributed by atoms with Crippen molar-refractivity contribution in [3.8, 4) is 0 Å². The molecule has 2 aromatic heterocycles. The first-order valence-corrected chi connectivity index (χ1v) is 7.80. The van der Waals surface area contributed by atoms with Crippen LogP contribution >= 0.6 is 0 Å². The van der Waals surface area contributed by atoms with Crippen LogP contribution in [-0.2, 0) is 6.54 Å². The number of hydrogen-bond acceptors (Lipinski definition) is 4. The van der Waals surface area contributed by atoms with E-state index in [0.29, 0.717) is 18.0 Å². The number of carbonyl (C=O) groups is 1. The van der Waals surface area contributed by atoms with Crippen molar-refractivity contribution in [3.63, 3.8) is 0 Å². The molecule has 1 amide bonds. The highest BCUT2D eigenvalue weighted by Gasteiger charge is 2.23. The fourth-order valence-corrected chi connectivity index (χ4v) is 2.83. The van der Waals surface area contributed by atoms with Gasteiger partial charge >= 0.3 is 0 Å². The fourth-order valence-electron chi connectivity index (χ4n) is 2.83. The molecule has 3 rings (SSSR count). The van der Waals surface area contributed by atoms with Gasteiger partial charge in [0.1, 0.15) is 0 Å². The van der Waals surface area contributed by atoms with Crippen LogP contribution < -0.4 is 10.9 Å². The van der Waals surface area contributed by atoms with E-state index in [1.54, 1.807) is 0 Å². The molecule has 1 saturated heterocycles. The molecule has 1 aliphatic heterocycles. The lowest BCUT2D eigenvalue weighted by Crippen LogP contribution is -2.31. The Bertz CT molecular complexity index is 694. The molecule has 2 N–H and O–H groups in total. The molecule has 1 aliphatic rings. The number of likely N-dealkylation sites (tertiary alicyclic amines) is 1. The summed E-state index contributed by atoms with van der Waals surface area (Å²) in [5.74, 6) is 0.301. The van der Waals surface area contributed by atoms with Crippen LogP contribution in [0.15, 0.2) is 47.5 Å². The first-order valence-electron chi connectivity index (χ1n) is 7.80. The number of aromatic amines is 1. The van der Waals surface area contributed by atoms with Gasteiger partial charge in [-0.3, -0.25) is 19.5 Å². The maximum atomic E-state index is 12.0. The van der Waals surface area contributed by atoms with Crippen molar-refractivity contribution in [2.45, 2.75) is 13.0 Å². The molecule has 1 unspecified atom stereocenters. The second kappa shape index (κ2) is 7.19. The van der Waals surface area contributed by atoms with Crippen LogP contribution in [0.4, 0.5) is 0 Å². The van der Waals surface area contributed by atoms with E-state index in [-0.39, 0.29) is 11.5 Å². The number of H-pyrrole nitrogens is 1. The number of nitrogens with one attached hydrogen (secondary N) is 2. The lowest BCUT2D eigenvalue weighted by atomic mass is 10.1. The summed E-state index contributed by atoms with van der Waals surface area (Å²) in [7, 11) is 0. The third-order valence-electron chi connectivity index (χ3n) is 4.08. The maximum Gasteiger partial charge on any atom is 0.252 e. The van der Waals surface area contributed by atoms with Crippen LogP contribution in [0.3, 0.4) is 0 Å². The van der Waals surface area contributed by atoms with Gasteiger partial charge in [0.2, 0.25) is 5.56 Å². The van der Waals surface area contributed by atoms with Gasteiger partial charge < -0.3 is 10.3 Å². The number of carbonyl (C=O) groups excluding carboxylic acids is 1. The monoisotopic (exact) mass is 312 g/mol. The van der Waals surface area contributed by atoms with Crippen LogP contribution in [0.1, 0.15) is 22.5 Å². The molecule has 0 spiro atoms. The third-order valence-corrected chi connectivity index (χ3v) is 4.08. The second-order valence-corrected chi connectivity index (χ2v) is 5.86. The zero-order valence-electron chi connectivity index (χ0n) is 12.9. The van der Waals surface area contributed by atoms with E-state index in [4.69, 9.17) is 0 Å². The number of amides is 1. The topological polar surface area (TPSA) is 78.1 Å². The average Bonchev–Trinajstić information content (AvgIpc) is 3.02. The molecule has 0 aromatic carbocycles. The molecule has 0 saturated carbocycles. The lowest BCUT2D eigenvalue weighted by molar-refractivity contribution is 0.0947. The van der Waals surface area contributed by atoms with Gasteiger partial charge in [0.15, 0.2) is 0 Å². The zero-order chi connectivity index (χ0) is 16.1. The highest BCUT2D eigenvalue weighted by atomic mass is 16.1. The Labute approximate surface area is 134 Å². The number of hydrogen-bond donors (Lipinski definition) is 2. The van der Waals surface area contributed by atoms with Crippen LogP contribution in [0.5, 0.6) is 0 Å². The molecule has 0 radical (unpaired) electrons. The minimum atomic E-state index is -0.206. The van der Waals surface area contributed by atoms with E-state index in [0.717, 1.165) is 31.7 Å². The van der Waals surface area contributed by atoms with Crippen LogP contribution in [0.2, 0.25) is 0 Å². The summed E-state index contributed by atoms with van der Waals surface area (Å²) in [4.78, 5) is 32.2. The molecule has 0 bridgehead atoms. The summed E-state index contributed by atoms with van der Waals surface area (Å²) in [6.45, 7) is 3.49. The van der Waals surface area contributed by atoms with Crippen molar-refractivity contribution in [1.82, 2.24) is 20.2 Å². The van der Waals surface area contributed by atoms with Crippen molar-refractivity contribution in [1.29, 1.82) is 0 Å². The summed E-state index contributed by atoms with van der Waals surface area (Å²) in [6, 6.07) is 8.85. The predicted molar refractivity (Wildman–Crippen MR) is 87.0 cm³/mol. The Kier molecular flexibility index (Phi) is 4.83. The van der Waals surface area contributed by atoms with Crippen molar-refractivity contribution >= 4 is 5.91 Å². The first kappa shape index (κ1) is 15.4. The summed E-state index contributed by atoms with van der Waals surface area (Å²) < 4.78 is 0. The average molecular weight is 312 g/mol. The van der Waals surface area contributed by atoms with Gasteiger partial charge in [-0.05, 0) is 37.1 Å². The largest absolute Gasteiger partial charge is 0.352 e. The van der Waals surface area contributed by atoms with E-state index in [2.05, 4.69) is 20.2 Å². The van der Waals surface area contributed by atoms with E-state index in [1.807, 2.05) is 24.4 Å². The Morgan fingerprint density at radius 2 is 2.26 bits per heavy atom. The minimum absolute atomic E-state index is 0.149. The van der Waals surface area contributed by atoms with Crippen molar-refractivity contribution in [2.75, 3.05) is 19.6 Å². The smallest absolute Gasteiger partial charge is 0.252 e. The number of rotatable bonds is 5. The Hall–Kier alpha value is -2.47. The van der Waals surface area contributed by atoms with Crippen LogP contribution in [-0.4, -0.2) is 40.4 Å². The van der Waals surface area contributed by atoms with Gasteiger partial charge in [-0.15, -0.1) is 0 Å². The second-order valence-electron chi connectivity index (χ2n) is 5.86. The minimum Gasteiger partial charge on any atom is -0.352 e.